The van der Waals surface area contributed by atoms with E-state index in [0.717, 1.165) is 0 Å². The van der Waals surface area contributed by atoms with Crippen molar-refractivity contribution in [3.8, 4) is 0 Å². The molecular weight excluding hydrogens is 386 g/mol. The number of likely N-dealkylation sites (N-methyl/N-ethyl adjacent to an activating group) is 1. The number of hydrogen-bond donors (Lipinski definition) is 1. The Morgan fingerprint density at radius 2 is 2.00 bits per heavy atom. The topological polar surface area (TPSA) is 126 Å². The largest absolute Gasteiger partial charge is 0.455 e. The minimum absolute atomic E-state index is 0.0617. The predicted octanol–water partition coefficient (Wildman–Crippen LogP) is 0.0444. The Morgan fingerprint density at radius 3 is 2.64 bits per heavy atom. The summed E-state index contributed by atoms with van der Waals surface area (Å²) < 4.78 is 28.3. The highest BCUT2D eigenvalue weighted by Gasteiger charge is 2.34. The van der Waals surface area contributed by atoms with Crippen LogP contribution in [0.4, 0.5) is 0 Å². The summed E-state index contributed by atoms with van der Waals surface area (Å²) in [4.78, 5) is 37.8. The molecular formula is C18H21N3O6S. The number of carbonyl (C=O) groups excluding carboxylic acids is 2. The lowest BCUT2D eigenvalue weighted by Gasteiger charge is -2.26. The number of carbonyl (C=O) groups is 2. The number of H-pyrrole nitrogens is 1. The molecule has 1 aliphatic heterocycles. The first-order valence-corrected chi connectivity index (χ1v) is 10.7. The first kappa shape index (κ1) is 20.0. The Labute approximate surface area is 161 Å². The number of nitrogens with zero attached hydrogens (tertiary/aromatic N) is 2. The van der Waals surface area contributed by atoms with Gasteiger partial charge in [-0.1, -0.05) is 18.2 Å². The molecule has 0 spiro atoms. The fraction of sp³-hybridized carbons (Fsp3) is 0.444. The van der Waals surface area contributed by atoms with Gasteiger partial charge >= 0.3 is 5.97 Å². The Kier molecular flexibility index (Phi) is 5.78. The van der Waals surface area contributed by atoms with E-state index >= 15 is 0 Å². The van der Waals surface area contributed by atoms with Gasteiger partial charge in [-0.2, -0.15) is 5.10 Å². The molecule has 2 heterocycles. The van der Waals surface area contributed by atoms with Crippen molar-refractivity contribution in [3.63, 3.8) is 0 Å². The van der Waals surface area contributed by atoms with Crippen molar-refractivity contribution in [1.29, 1.82) is 0 Å². The van der Waals surface area contributed by atoms with Gasteiger partial charge in [-0.25, -0.2) is 13.5 Å². The minimum atomic E-state index is -3.12. The Bertz CT molecular complexity index is 1060. The van der Waals surface area contributed by atoms with E-state index in [0.29, 0.717) is 29.4 Å². The standard InChI is InChI=1S/C18H21N3O6S/c1-2-21(12-7-8-28(25,26)11-12)16(22)10-27-17(23)9-15-13-5-3-4-6-14(13)18(24)20-19-15/h3-6,12H,2,7-11H2,1H3,(H,20,24)/t12-/m0/s1. The Hall–Kier alpha value is -2.75. The number of hydrogen-bond acceptors (Lipinski definition) is 7. The zero-order chi connectivity index (χ0) is 20.3. The van der Waals surface area contributed by atoms with E-state index in [1.165, 1.54) is 4.90 Å². The van der Waals surface area contributed by atoms with Crippen LogP contribution < -0.4 is 5.56 Å². The lowest BCUT2D eigenvalue weighted by molar-refractivity contribution is -0.152. The lowest BCUT2D eigenvalue weighted by atomic mass is 10.1. The Morgan fingerprint density at radius 1 is 1.29 bits per heavy atom. The van der Waals surface area contributed by atoms with Gasteiger partial charge in [0.05, 0.1) is 29.0 Å². The maximum Gasteiger partial charge on any atom is 0.312 e. The minimum Gasteiger partial charge on any atom is -0.455 e. The summed E-state index contributed by atoms with van der Waals surface area (Å²) >= 11 is 0. The summed E-state index contributed by atoms with van der Waals surface area (Å²) in [6, 6.07) is 6.37. The number of aromatic nitrogens is 2. The van der Waals surface area contributed by atoms with E-state index in [9.17, 15) is 22.8 Å². The van der Waals surface area contributed by atoms with Crippen LogP contribution in [0, 0.1) is 0 Å². The molecule has 0 aliphatic carbocycles. The highest BCUT2D eigenvalue weighted by Crippen LogP contribution is 2.18. The first-order valence-electron chi connectivity index (χ1n) is 8.92. The zero-order valence-corrected chi connectivity index (χ0v) is 16.2. The third-order valence-electron chi connectivity index (χ3n) is 4.75. The molecule has 0 radical (unpaired) electrons. The quantitative estimate of drug-likeness (QED) is 0.670. The van der Waals surface area contributed by atoms with Crippen molar-refractivity contribution in [1.82, 2.24) is 15.1 Å². The SMILES string of the molecule is CCN(C(=O)COC(=O)Cc1n[nH]c(=O)c2ccccc12)[C@H]1CCS(=O)(=O)C1. The molecule has 150 valence electrons. The molecule has 0 bridgehead atoms. The van der Waals surface area contributed by atoms with Crippen molar-refractivity contribution < 1.29 is 22.7 Å². The van der Waals surface area contributed by atoms with Gasteiger partial charge in [-0.3, -0.25) is 14.4 Å². The number of rotatable bonds is 6. The van der Waals surface area contributed by atoms with Crippen molar-refractivity contribution in [2.24, 2.45) is 0 Å². The summed E-state index contributed by atoms with van der Waals surface area (Å²) in [6.07, 6.45) is 0.192. The van der Waals surface area contributed by atoms with Gasteiger partial charge in [0.15, 0.2) is 16.4 Å². The maximum absolute atomic E-state index is 12.4. The van der Waals surface area contributed by atoms with E-state index in [2.05, 4.69) is 10.2 Å². The van der Waals surface area contributed by atoms with Crippen molar-refractivity contribution in [2.45, 2.75) is 25.8 Å². The third-order valence-corrected chi connectivity index (χ3v) is 6.50. The number of benzene rings is 1. The number of amides is 1. The smallest absolute Gasteiger partial charge is 0.312 e. The average Bonchev–Trinajstić information content (AvgIpc) is 3.02. The first-order chi connectivity index (χ1) is 13.3. The molecule has 3 rings (SSSR count). The molecule has 1 aromatic carbocycles. The van der Waals surface area contributed by atoms with Crippen LogP contribution in [-0.4, -0.2) is 66.1 Å². The van der Waals surface area contributed by atoms with Gasteiger partial charge < -0.3 is 9.64 Å². The molecule has 2 aromatic rings. The molecule has 9 nitrogen and oxygen atoms in total. The fourth-order valence-electron chi connectivity index (χ4n) is 3.38. The van der Waals surface area contributed by atoms with E-state index in [1.807, 2.05) is 0 Å². The van der Waals surface area contributed by atoms with Crippen LogP contribution in [0.5, 0.6) is 0 Å². The molecule has 0 unspecified atom stereocenters. The molecule has 1 aromatic heterocycles. The van der Waals surface area contributed by atoms with Crippen LogP contribution in [0.1, 0.15) is 19.0 Å². The van der Waals surface area contributed by atoms with Crippen molar-refractivity contribution in [2.75, 3.05) is 24.7 Å². The molecule has 1 amide bonds. The van der Waals surface area contributed by atoms with Crippen LogP contribution in [0.15, 0.2) is 29.1 Å². The van der Waals surface area contributed by atoms with E-state index in [1.54, 1.807) is 31.2 Å². The predicted molar refractivity (Wildman–Crippen MR) is 101 cm³/mol. The van der Waals surface area contributed by atoms with Crippen molar-refractivity contribution >= 4 is 32.5 Å². The van der Waals surface area contributed by atoms with Crippen LogP contribution in [0.25, 0.3) is 10.8 Å². The Balaban J connectivity index is 1.62. The molecule has 1 N–H and O–H groups in total. The molecule has 1 fully saturated rings. The molecule has 10 heteroatoms. The summed E-state index contributed by atoms with van der Waals surface area (Å²) in [5.74, 6) is -1.09. The summed E-state index contributed by atoms with van der Waals surface area (Å²) in [5.41, 5.74) is -0.00474. The number of nitrogens with one attached hydrogen (secondary N) is 1. The molecule has 1 aliphatic rings. The third kappa shape index (κ3) is 4.38. The van der Waals surface area contributed by atoms with Gasteiger partial charge in [0.25, 0.3) is 11.5 Å². The highest BCUT2D eigenvalue weighted by molar-refractivity contribution is 7.91. The monoisotopic (exact) mass is 407 g/mol. The van der Waals surface area contributed by atoms with E-state index < -0.39 is 28.3 Å². The van der Waals surface area contributed by atoms with Crippen molar-refractivity contribution in [3.05, 3.63) is 40.3 Å². The summed E-state index contributed by atoms with van der Waals surface area (Å²) in [7, 11) is -3.12. The number of ether oxygens (including phenoxy) is 1. The molecule has 28 heavy (non-hydrogen) atoms. The van der Waals surface area contributed by atoms with Crippen LogP contribution in [-0.2, 0) is 30.6 Å². The van der Waals surface area contributed by atoms with Gasteiger partial charge in [0.1, 0.15) is 0 Å². The number of sulfone groups is 1. The zero-order valence-electron chi connectivity index (χ0n) is 15.4. The van der Waals surface area contributed by atoms with Gasteiger partial charge in [-0.15, -0.1) is 0 Å². The fourth-order valence-corrected chi connectivity index (χ4v) is 5.11. The van der Waals surface area contributed by atoms with Gasteiger partial charge in [0, 0.05) is 18.0 Å². The molecule has 1 atom stereocenters. The van der Waals surface area contributed by atoms with Gasteiger partial charge in [-0.05, 0) is 19.4 Å². The number of aromatic amines is 1. The normalized spacial score (nSPS) is 18.1. The average molecular weight is 407 g/mol. The second-order valence-corrected chi connectivity index (χ2v) is 8.85. The van der Waals surface area contributed by atoms with Gasteiger partial charge in [0.2, 0.25) is 0 Å². The van der Waals surface area contributed by atoms with Crippen LogP contribution in [0.3, 0.4) is 0 Å². The highest BCUT2D eigenvalue weighted by atomic mass is 32.2. The molecule has 0 saturated carbocycles. The molecule has 1 saturated heterocycles. The van der Waals surface area contributed by atoms with E-state index in [-0.39, 0.29) is 29.5 Å². The summed E-state index contributed by atoms with van der Waals surface area (Å²) in [5, 5.41) is 7.20. The number of fused-ring (bicyclic) bond motifs is 1. The summed E-state index contributed by atoms with van der Waals surface area (Å²) in [6.45, 7) is 1.62. The van der Waals surface area contributed by atoms with Crippen LogP contribution >= 0.6 is 0 Å². The lowest BCUT2D eigenvalue weighted by Crippen LogP contribution is -2.43. The van der Waals surface area contributed by atoms with E-state index in [4.69, 9.17) is 4.74 Å². The maximum atomic E-state index is 12.4. The van der Waals surface area contributed by atoms with Crippen LogP contribution in [0.2, 0.25) is 0 Å². The second-order valence-electron chi connectivity index (χ2n) is 6.62. The second kappa shape index (κ2) is 8.09. The number of esters is 1.